The number of ketones is 4. The van der Waals surface area contributed by atoms with Gasteiger partial charge < -0.3 is 4.57 Å². The lowest BCUT2D eigenvalue weighted by Crippen LogP contribution is -2.24. The fourth-order valence-electron chi connectivity index (χ4n) is 15.2. The molecule has 7 aromatic heterocycles. The van der Waals surface area contributed by atoms with Crippen LogP contribution in [0, 0.1) is 5.92 Å². The molecule has 2 aliphatic rings. The van der Waals surface area contributed by atoms with Gasteiger partial charge in [-0.2, -0.15) is 0 Å². The second-order valence-corrected chi connectivity index (χ2v) is 35.4. The number of carbonyl (C=O) groups excluding carboxylic acids is 4. The first kappa shape index (κ1) is 76.4. The number of fused-ring (bicyclic) bond motifs is 5. The second-order valence-electron chi connectivity index (χ2n) is 29.0. The molecule has 9 aromatic rings. The van der Waals surface area contributed by atoms with Gasteiger partial charge >= 0.3 is 0 Å². The normalized spacial score (nSPS) is 13.4. The number of thiophene rings is 6. The van der Waals surface area contributed by atoms with Crippen molar-refractivity contribution in [3.8, 4) is 39.0 Å². The minimum Gasteiger partial charge on any atom is -0.307 e. The summed E-state index contributed by atoms with van der Waals surface area (Å²) >= 11 is 10.9. The topological polar surface area (TPSA) is 90.3 Å². The highest BCUT2D eigenvalue weighted by Crippen LogP contribution is 2.52. The van der Waals surface area contributed by atoms with Crippen molar-refractivity contribution in [2.24, 2.45) is 5.92 Å². The van der Waals surface area contributed by atoms with Gasteiger partial charge in [-0.05, 0) is 141 Å². The van der Waals surface area contributed by atoms with Gasteiger partial charge in [0.2, 0.25) is 0 Å². The number of pyridine rings is 1. The summed E-state index contributed by atoms with van der Waals surface area (Å²) in [5, 5.41) is 0.832. The van der Waals surface area contributed by atoms with Crippen LogP contribution in [0.1, 0.15) is 320 Å². The Balaban J connectivity index is 1.04. The molecule has 0 bridgehead atoms. The lowest BCUT2D eigenvalue weighted by atomic mass is 9.93. The van der Waals surface area contributed by atoms with Crippen molar-refractivity contribution in [2.45, 2.75) is 279 Å². The molecular formula is C89H109NO5S6. The Kier molecular flexibility index (Phi) is 29.0. The van der Waals surface area contributed by atoms with E-state index in [1.54, 1.807) is 46.9 Å². The molecular weight excluding hydrogens is 1360 g/mol. The number of rotatable bonds is 44. The maximum Gasteiger partial charge on any atom is 0.259 e. The van der Waals surface area contributed by atoms with Crippen molar-refractivity contribution in [3.05, 3.63) is 161 Å². The highest BCUT2D eigenvalue weighted by atomic mass is 32.1. The van der Waals surface area contributed by atoms with E-state index in [0.717, 1.165) is 140 Å². The number of Topliss-reactive ketones (excluding diaryl/α,β-unsaturated/α-hetero) is 4. The van der Waals surface area contributed by atoms with Crippen molar-refractivity contribution < 1.29 is 19.2 Å². The van der Waals surface area contributed by atoms with E-state index in [0.29, 0.717) is 28.2 Å². The Labute approximate surface area is 627 Å². The number of benzene rings is 2. The van der Waals surface area contributed by atoms with Crippen LogP contribution in [0.5, 0.6) is 0 Å². The Morgan fingerprint density at radius 2 is 0.653 bits per heavy atom. The Morgan fingerprint density at radius 3 is 1.04 bits per heavy atom. The minimum absolute atomic E-state index is 0.134. The van der Waals surface area contributed by atoms with Gasteiger partial charge in [-0.1, -0.05) is 257 Å². The highest BCUT2D eigenvalue weighted by molar-refractivity contribution is 7.33. The van der Waals surface area contributed by atoms with Gasteiger partial charge in [0, 0.05) is 77.6 Å². The quantitative estimate of drug-likeness (QED) is 0.0216. The van der Waals surface area contributed by atoms with Gasteiger partial charge in [0.1, 0.15) is 0 Å². The predicted octanol–water partition coefficient (Wildman–Crippen LogP) is 28.5. The van der Waals surface area contributed by atoms with E-state index >= 15 is 4.79 Å². The molecule has 1 atom stereocenters. The molecule has 0 amide bonds. The number of hydrogen-bond donors (Lipinski definition) is 0. The van der Waals surface area contributed by atoms with E-state index in [4.69, 9.17) is 0 Å². The number of unbranched alkanes of at least 4 members (excludes halogenated alkanes) is 24. The Morgan fingerprint density at radius 1 is 0.337 bits per heavy atom. The van der Waals surface area contributed by atoms with Crippen molar-refractivity contribution >= 4 is 124 Å². The molecule has 11 rings (SSSR count). The summed E-state index contributed by atoms with van der Waals surface area (Å²) in [4.78, 5) is 83.3. The molecule has 12 heteroatoms. The van der Waals surface area contributed by atoms with Gasteiger partial charge in [0.05, 0.1) is 31.4 Å². The molecule has 1 unspecified atom stereocenters. The standard InChI is InChI=1S/C89H109NO5S6/c1-7-13-19-25-27-28-30-32-42-60(41-31-29-26-20-14-8-2)59-90-74-58-78(86-64(46-36-24-18-12-6)54-76(99-86)84-62(44-34-22-16-10-4)52-66(97-84)56-72-81(93)69-49-39-40-50-70(69)82(72)94)101-88(74)87-73(89(90)95)57-77(100-87)85-63(45-35-23-17-11-5)53-75(98-85)83-61(43-33-21-15-9-3)51-65(96-83)55-71-79(91)67-47-37-38-48-68(67)80(71)92/h37-40,47-58,60H,7-36,41-46,59H2,1-6H3. The van der Waals surface area contributed by atoms with Crippen LogP contribution in [0.3, 0.4) is 0 Å². The number of carbonyl (C=O) groups is 4. The molecule has 0 N–H and O–H groups in total. The molecule has 0 aliphatic heterocycles. The summed E-state index contributed by atoms with van der Waals surface area (Å²) < 4.78 is 4.55. The molecule has 2 aliphatic carbocycles. The van der Waals surface area contributed by atoms with E-state index in [1.807, 2.05) is 81.8 Å². The third-order valence-electron chi connectivity index (χ3n) is 21.0. The summed E-state index contributed by atoms with van der Waals surface area (Å²) in [6, 6.07) is 28.6. The number of aryl methyl sites for hydroxylation is 4. The molecule has 101 heavy (non-hydrogen) atoms. The van der Waals surface area contributed by atoms with Crippen LogP contribution in [-0.4, -0.2) is 27.7 Å². The third-order valence-corrected chi connectivity index (χ3v) is 28.8. The van der Waals surface area contributed by atoms with Crippen LogP contribution in [0.15, 0.2) is 101 Å². The smallest absolute Gasteiger partial charge is 0.259 e. The average Bonchev–Trinajstić information content (AvgIpc) is 1.58. The number of aromatic nitrogens is 1. The van der Waals surface area contributed by atoms with E-state index in [1.165, 1.54) is 190 Å². The maximum absolute atomic E-state index is 16.2. The zero-order valence-corrected chi connectivity index (χ0v) is 66.3. The fraction of sp³-hybridized carbons (Fsp3) is 0.494. The SMILES string of the molecule is CCCCCCCCCCC(CCCCCCCC)Cn1c(=O)c2cc(-c3sc(-c4sc(C=C5C(=O)c6ccccc6C5=O)cc4CCCCCC)cc3CCCCCC)sc2c2sc(-c3sc(-c4sc(C=C5C(=O)c6ccccc6C5=O)cc4CCCCCC)cc3CCCCCC)cc21. The number of nitrogens with zero attached hydrogens (tertiary/aromatic N) is 1. The summed E-state index contributed by atoms with van der Waals surface area (Å²) in [6.07, 6.45) is 46.0. The van der Waals surface area contributed by atoms with E-state index in [-0.39, 0.29) is 39.8 Å². The van der Waals surface area contributed by atoms with Crippen LogP contribution in [0.2, 0.25) is 0 Å². The Bertz CT molecular complexity index is 4330. The molecule has 0 saturated heterocycles. The fourth-order valence-corrected chi connectivity index (χ4v) is 23.0. The van der Waals surface area contributed by atoms with Crippen LogP contribution in [0.4, 0.5) is 0 Å². The largest absolute Gasteiger partial charge is 0.307 e. The Hall–Kier alpha value is -5.73. The first-order valence-corrected chi connectivity index (χ1v) is 44.3. The summed E-state index contributed by atoms with van der Waals surface area (Å²) in [5.74, 6) is -0.364. The summed E-state index contributed by atoms with van der Waals surface area (Å²) in [6.45, 7) is 14.4. The molecule has 536 valence electrons. The van der Waals surface area contributed by atoms with Crippen LogP contribution < -0.4 is 5.56 Å². The molecule has 0 saturated carbocycles. The molecule has 0 spiro atoms. The summed E-state index contributed by atoms with van der Waals surface area (Å²) in [7, 11) is 0. The molecule has 6 nitrogen and oxygen atoms in total. The molecule has 7 heterocycles. The maximum atomic E-state index is 16.2. The third kappa shape index (κ3) is 18.9. The summed E-state index contributed by atoms with van der Waals surface area (Å²) in [5.41, 5.74) is 8.95. The van der Waals surface area contributed by atoms with E-state index in [9.17, 15) is 19.2 Å². The second kappa shape index (κ2) is 38.3. The van der Waals surface area contributed by atoms with Crippen LogP contribution in [-0.2, 0) is 32.2 Å². The molecule has 2 aromatic carbocycles. The van der Waals surface area contributed by atoms with Crippen molar-refractivity contribution in [3.63, 3.8) is 0 Å². The zero-order valence-electron chi connectivity index (χ0n) is 61.4. The average molecular weight is 1470 g/mol. The van der Waals surface area contributed by atoms with Gasteiger partial charge in [-0.15, -0.1) is 68.0 Å². The van der Waals surface area contributed by atoms with Gasteiger partial charge in [0.15, 0.2) is 23.1 Å². The minimum atomic E-state index is -0.191. The monoisotopic (exact) mass is 1460 g/mol. The lowest BCUT2D eigenvalue weighted by molar-refractivity contribution is 0.0975. The van der Waals surface area contributed by atoms with E-state index in [2.05, 4.69) is 82.5 Å². The van der Waals surface area contributed by atoms with Crippen molar-refractivity contribution in [1.82, 2.24) is 4.57 Å². The first-order valence-electron chi connectivity index (χ1n) is 39.4. The zero-order chi connectivity index (χ0) is 70.6. The van der Waals surface area contributed by atoms with E-state index < -0.39 is 0 Å². The highest BCUT2D eigenvalue weighted by Gasteiger charge is 2.35. The van der Waals surface area contributed by atoms with Gasteiger partial charge in [-0.3, -0.25) is 24.0 Å². The first-order chi connectivity index (χ1) is 49.5. The van der Waals surface area contributed by atoms with Gasteiger partial charge in [-0.25, -0.2) is 0 Å². The van der Waals surface area contributed by atoms with Crippen molar-refractivity contribution in [1.29, 1.82) is 0 Å². The van der Waals surface area contributed by atoms with Gasteiger partial charge in [0.25, 0.3) is 5.56 Å². The predicted molar refractivity (Wildman–Crippen MR) is 441 cm³/mol. The van der Waals surface area contributed by atoms with Crippen LogP contribution in [0.25, 0.3) is 71.5 Å². The van der Waals surface area contributed by atoms with Crippen molar-refractivity contribution in [2.75, 3.05) is 0 Å². The number of allylic oxidation sites excluding steroid dienone is 2. The number of hydrogen-bond acceptors (Lipinski definition) is 11. The molecule has 0 radical (unpaired) electrons. The lowest BCUT2D eigenvalue weighted by Gasteiger charge is -2.19. The van der Waals surface area contributed by atoms with Crippen LogP contribution >= 0.6 is 68.0 Å². The molecule has 0 fully saturated rings.